The van der Waals surface area contributed by atoms with Crippen LogP contribution in [0.2, 0.25) is 10.0 Å². The Morgan fingerprint density at radius 3 is 2.54 bits per heavy atom. The molecule has 1 unspecified atom stereocenters. The summed E-state index contributed by atoms with van der Waals surface area (Å²) in [4.78, 5) is 13.7. The van der Waals surface area contributed by atoms with Crippen molar-refractivity contribution in [2.24, 2.45) is 0 Å². The predicted molar refractivity (Wildman–Crippen MR) is 95.9 cm³/mol. The van der Waals surface area contributed by atoms with Crippen LogP contribution in [0.25, 0.3) is 11.4 Å². The maximum Gasteiger partial charge on any atom is 0.231 e. The third-order valence-electron chi connectivity index (χ3n) is 4.18. The normalized spacial score (nSPS) is 26.2. The lowest BCUT2D eigenvalue weighted by Gasteiger charge is -2.43. The fourth-order valence-corrected chi connectivity index (χ4v) is 3.19. The molecular weight excluding hydrogens is 385 g/mol. The lowest BCUT2D eigenvalue weighted by Crippen LogP contribution is -2.63. The zero-order chi connectivity index (χ0) is 19.0. The second kappa shape index (κ2) is 7.47. The largest absolute Gasteiger partial charge is 0.394 e. The van der Waals surface area contributed by atoms with Crippen LogP contribution in [-0.2, 0) is 0 Å². The summed E-state index contributed by atoms with van der Waals surface area (Å²) in [6.07, 6.45) is -4.06. The Bertz CT molecular complexity index is 812. The molecule has 4 atom stereocenters. The van der Waals surface area contributed by atoms with Gasteiger partial charge in [0.2, 0.25) is 11.9 Å². The number of aliphatic hydroxyl groups is 4. The molecule has 0 bridgehead atoms. The van der Waals surface area contributed by atoms with E-state index in [2.05, 4.69) is 15.0 Å². The van der Waals surface area contributed by atoms with Crippen molar-refractivity contribution in [1.29, 1.82) is 0 Å². The Labute approximate surface area is 158 Å². The average Bonchev–Trinajstić information content (AvgIpc) is 2.61. The van der Waals surface area contributed by atoms with E-state index in [0.717, 1.165) is 0 Å². The van der Waals surface area contributed by atoms with Crippen molar-refractivity contribution in [2.75, 3.05) is 23.8 Å². The van der Waals surface area contributed by atoms with Gasteiger partial charge in [-0.05, 0) is 18.2 Å². The minimum Gasteiger partial charge on any atom is -0.394 e. The molecule has 26 heavy (non-hydrogen) atoms. The van der Waals surface area contributed by atoms with Gasteiger partial charge in [-0.3, -0.25) is 0 Å². The lowest BCUT2D eigenvalue weighted by molar-refractivity contribution is -0.0906. The highest BCUT2D eigenvalue weighted by Gasteiger charge is 2.42. The van der Waals surface area contributed by atoms with Gasteiger partial charge in [0.1, 0.15) is 18.3 Å². The number of nitrogens with two attached hydrogens (primary N) is 1. The number of rotatable bonds is 3. The number of nitrogen functional groups attached to an aromatic ring is 1. The summed E-state index contributed by atoms with van der Waals surface area (Å²) in [5.41, 5.74) is 6.20. The van der Waals surface area contributed by atoms with Crippen molar-refractivity contribution in [2.45, 2.75) is 24.4 Å². The van der Waals surface area contributed by atoms with Gasteiger partial charge >= 0.3 is 0 Å². The van der Waals surface area contributed by atoms with Gasteiger partial charge in [-0.1, -0.05) is 23.2 Å². The summed E-state index contributed by atoms with van der Waals surface area (Å²) < 4.78 is 0. The summed E-state index contributed by atoms with van der Waals surface area (Å²) in [6, 6.07) is 3.83. The first kappa shape index (κ1) is 19.0. The zero-order valence-corrected chi connectivity index (χ0v) is 14.9. The summed E-state index contributed by atoms with van der Waals surface area (Å²) in [6.45, 7) is -0.612. The Morgan fingerprint density at radius 2 is 1.85 bits per heavy atom. The molecule has 2 heterocycles. The Morgan fingerprint density at radius 1 is 1.12 bits per heavy atom. The predicted octanol–water partition coefficient (Wildman–Crippen LogP) is -0.309. The topological polar surface area (TPSA) is 149 Å². The van der Waals surface area contributed by atoms with E-state index < -0.39 is 31.0 Å². The molecule has 1 aromatic carbocycles. The SMILES string of the molecule is Nc1nc(-c2cc(Cl)ccc2Cl)nc(N2C[C@H](O)[C@@H](O)[C@H](O)C2CO)n1. The van der Waals surface area contributed by atoms with Crippen LogP contribution in [0.4, 0.5) is 11.9 Å². The van der Waals surface area contributed by atoms with E-state index in [9.17, 15) is 20.4 Å². The number of benzene rings is 1. The van der Waals surface area contributed by atoms with Crippen LogP contribution in [-0.4, -0.2) is 72.9 Å². The number of hydrogen-bond donors (Lipinski definition) is 5. The molecule has 0 radical (unpaired) electrons. The average molecular weight is 402 g/mol. The van der Waals surface area contributed by atoms with Crippen molar-refractivity contribution in [3.8, 4) is 11.4 Å². The van der Waals surface area contributed by atoms with Crippen molar-refractivity contribution < 1.29 is 20.4 Å². The van der Waals surface area contributed by atoms with E-state index >= 15 is 0 Å². The van der Waals surface area contributed by atoms with Crippen molar-refractivity contribution in [1.82, 2.24) is 15.0 Å². The molecule has 9 nitrogen and oxygen atoms in total. The third kappa shape index (κ3) is 3.54. The standard InChI is InChI=1S/C15H17Cl2N5O4/c16-6-1-2-8(17)7(3-6)13-19-14(18)21-15(20-13)22-4-10(24)12(26)11(25)9(22)5-23/h1-3,9-12,23-26H,4-5H2,(H2,18,19,20,21)/t9?,10-,11+,12+/m0/s1. The van der Waals surface area contributed by atoms with Gasteiger partial charge in [0.05, 0.1) is 17.7 Å². The van der Waals surface area contributed by atoms with Crippen molar-refractivity contribution >= 4 is 35.1 Å². The molecule has 0 saturated carbocycles. The molecule has 11 heteroatoms. The summed E-state index contributed by atoms with van der Waals surface area (Å²) >= 11 is 12.2. The van der Waals surface area contributed by atoms with Gasteiger partial charge in [0, 0.05) is 17.1 Å². The van der Waals surface area contributed by atoms with E-state index in [1.54, 1.807) is 18.2 Å². The molecular formula is C15H17Cl2N5O4. The molecule has 3 rings (SSSR count). The van der Waals surface area contributed by atoms with Crippen molar-refractivity contribution in [3.63, 3.8) is 0 Å². The number of nitrogens with zero attached hydrogens (tertiary/aromatic N) is 4. The number of aromatic nitrogens is 3. The molecule has 0 spiro atoms. The molecule has 1 aliphatic heterocycles. The van der Waals surface area contributed by atoms with Crippen LogP contribution in [0.15, 0.2) is 18.2 Å². The quantitative estimate of drug-likeness (QED) is 0.466. The second-order valence-corrected chi connectivity index (χ2v) is 6.74. The number of aliphatic hydroxyl groups excluding tert-OH is 4. The lowest BCUT2D eigenvalue weighted by atomic mass is 9.94. The van der Waals surface area contributed by atoms with E-state index in [-0.39, 0.29) is 24.3 Å². The maximum atomic E-state index is 10.1. The van der Waals surface area contributed by atoms with Crippen molar-refractivity contribution in [3.05, 3.63) is 28.2 Å². The first-order valence-electron chi connectivity index (χ1n) is 7.70. The van der Waals surface area contributed by atoms with Crippen LogP contribution in [0.1, 0.15) is 0 Å². The van der Waals surface area contributed by atoms with Crippen LogP contribution in [0, 0.1) is 0 Å². The molecule has 2 aromatic rings. The molecule has 0 aliphatic carbocycles. The van der Waals surface area contributed by atoms with Gasteiger partial charge in [-0.2, -0.15) is 15.0 Å². The highest BCUT2D eigenvalue weighted by atomic mass is 35.5. The van der Waals surface area contributed by atoms with Crippen LogP contribution in [0.3, 0.4) is 0 Å². The highest BCUT2D eigenvalue weighted by Crippen LogP contribution is 2.30. The number of piperidine rings is 1. The van der Waals surface area contributed by atoms with E-state index in [0.29, 0.717) is 15.6 Å². The molecule has 6 N–H and O–H groups in total. The molecule has 0 amide bonds. The molecule has 1 fully saturated rings. The number of β-amino-alcohol motifs (C(OH)–C–C–N with tert-alkyl or cyclic N) is 1. The minimum atomic E-state index is -1.40. The minimum absolute atomic E-state index is 0.0209. The number of anilines is 2. The highest BCUT2D eigenvalue weighted by molar-refractivity contribution is 6.35. The fraction of sp³-hybridized carbons (Fsp3) is 0.400. The van der Waals surface area contributed by atoms with Crippen LogP contribution in [0.5, 0.6) is 0 Å². The van der Waals surface area contributed by atoms with E-state index in [4.69, 9.17) is 28.9 Å². The Hall–Kier alpha value is -1.75. The smallest absolute Gasteiger partial charge is 0.231 e. The van der Waals surface area contributed by atoms with Gasteiger partial charge < -0.3 is 31.1 Å². The third-order valence-corrected chi connectivity index (χ3v) is 4.74. The van der Waals surface area contributed by atoms with Gasteiger partial charge in [0.25, 0.3) is 0 Å². The summed E-state index contributed by atoms with van der Waals surface area (Å²) in [7, 11) is 0. The van der Waals surface area contributed by atoms with Crippen LogP contribution >= 0.6 is 23.2 Å². The van der Waals surface area contributed by atoms with E-state index in [1.807, 2.05) is 0 Å². The van der Waals surface area contributed by atoms with Gasteiger partial charge in [0.15, 0.2) is 5.82 Å². The molecule has 1 aromatic heterocycles. The summed E-state index contributed by atoms with van der Waals surface area (Å²) in [5, 5.41) is 40.3. The summed E-state index contributed by atoms with van der Waals surface area (Å²) in [5.74, 6) is 0.0483. The zero-order valence-electron chi connectivity index (χ0n) is 13.4. The first-order chi connectivity index (χ1) is 12.3. The second-order valence-electron chi connectivity index (χ2n) is 5.89. The Kier molecular flexibility index (Phi) is 5.47. The van der Waals surface area contributed by atoms with E-state index in [1.165, 1.54) is 4.90 Å². The monoisotopic (exact) mass is 401 g/mol. The number of hydrogen-bond acceptors (Lipinski definition) is 9. The molecule has 1 saturated heterocycles. The Balaban J connectivity index is 2.06. The fourth-order valence-electron chi connectivity index (χ4n) is 2.82. The molecule has 140 valence electrons. The number of halogens is 2. The maximum absolute atomic E-state index is 10.1. The van der Waals surface area contributed by atoms with Gasteiger partial charge in [-0.15, -0.1) is 0 Å². The first-order valence-corrected chi connectivity index (χ1v) is 8.46. The molecule has 1 aliphatic rings. The van der Waals surface area contributed by atoms with Crippen LogP contribution < -0.4 is 10.6 Å². The van der Waals surface area contributed by atoms with Gasteiger partial charge in [-0.25, -0.2) is 0 Å².